The van der Waals surface area contributed by atoms with Crippen molar-refractivity contribution in [2.75, 3.05) is 10.6 Å². The van der Waals surface area contributed by atoms with E-state index in [9.17, 15) is 9.59 Å². The monoisotopic (exact) mass is 394 g/mol. The average Bonchev–Trinajstić information content (AvgIpc) is 3.15. The zero-order valence-corrected chi connectivity index (χ0v) is 16.3. The Morgan fingerprint density at radius 3 is 2.39 bits per heavy atom. The van der Waals surface area contributed by atoms with Gasteiger partial charge in [-0.15, -0.1) is 11.3 Å². The number of hydrogen-bond acceptors (Lipinski definition) is 4. The molecule has 0 saturated heterocycles. The number of hydrogen-bond donors (Lipinski definition) is 3. The summed E-state index contributed by atoms with van der Waals surface area (Å²) in [5.41, 5.74) is 2.56. The molecule has 3 rings (SSSR count). The third-order valence-corrected chi connectivity index (χ3v) is 4.90. The van der Waals surface area contributed by atoms with E-state index in [-0.39, 0.29) is 18.0 Å². The van der Waals surface area contributed by atoms with E-state index in [1.54, 1.807) is 0 Å². The lowest BCUT2D eigenvalue weighted by atomic mass is 10.1. The van der Waals surface area contributed by atoms with Gasteiger partial charge in [-0.05, 0) is 31.0 Å². The molecule has 1 aromatic heterocycles. The lowest BCUT2D eigenvalue weighted by molar-refractivity contribution is -0.121. The van der Waals surface area contributed by atoms with E-state index in [0.29, 0.717) is 23.7 Å². The summed E-state index contributed by atoms with van der Waals surface area (Å²) < 4.78 is 0. The first-order chi connectivity index (χ1) is 13.6. The van der Waals surface area contributed by atoms with Crippen LogP contribution in [0.1, 0.15) is 30.6 Å². The molecular weight excluding hydrogens is 372 g/mol. The molecule has 0 bridgehead atoms. The van der Waals surface area contributed by atoms with Crippen LogP contribution in [-0.4, -0.2) is 16.9 Å². The molecule has 1 unspecified atom stereocenters. The Balaban J connectivity index is 1.44. The number of rotatable bonds is 7. The first kappa shape index (κ1) is 19.6. The van der Waals surface area contributed by atoms with Crippen molar-refractivity contribution in [2.24, 2.45) is 0 Å². The Labute approximate surface area is 168 Å². The molecule has 6 nitrogen and oxygen atoms in total. The van der Waals surface area contributed by atoms with Gasteiger partial charge in [0.25, 0.3) is 0 Å². The first-order valence-electron chi connectivity index (χ1n) is 9.02. The van der Waals surface area contributed by atoms with Crippen molar-refractivity contribution in [3.63, 3.8) is 0 Å². The molecule has 2 aromatic carbocycles. The van der Waals surface area contributed by atoms with Crippen LogP contribution in [0.15, 0.2) is 66.0 Å². The van der Waals surface area contributed by atoms with Crippen LogP contribution in [-0.2, 0) is 11.2 Å². The SMILES string of the molecule is CC(NC(=O)CCc1csc(NC(=O)Nc2ccccc2)n1)c1ccccc1. The van der Waals surface area contributed by atoms with Crippen LogP contribution in [0.5, 0.6) is 0 Å². The maximum absolute atomic E-state index is 12.2. The van der Waals surface area contributed by atoms with Crippen molar-refractivity contribution >= 4 is 34.1 Å². The Kier molecular flexibility index (Phi) is 6.75. The number of nitrogens with one attached hydrogen (secondary N) is 3. The third kappa shape index (κ3) is 5.92. The van der Waals surface area contributed by atoms with Gasteiger partial charge in [0.2, 0.25) is 5.91 Å². The molecule has 1 heterocycles. The molecule has 0 aliphatic rings. The molecule has 3 aromatic rings. The molecule has 3 amide bonds. The van der Waals surface area contributed by atoms with Gasteiger partial charge in [-0.25, -0.2) is 9.78 Å². The highest BCUT2D eigenvalue weighted by Crippen LogP contribution is 2.18. The summed E-state index contributed by atoms with van der Waals surface area (Å²) in [5.74, 6) is -0.0271. The number of para-hydroxylation sites is 1. The van der Waals surface area contributed by atoms with Gasteiger partial charge in [-0.1, -0.05) is 48.5 Å². The van der Waals surface area contributed by atoms with E-state index in [2.05, 4.69) is 20.9 Å². The minimum Gasteiger partial charge on any atom is -0.350 e. The number of thiazole rings is 1. The van der Waals surface area contributed by atoms with Crippen molar-refractivity contribution < 1.29 is 9.59 Å². The Bertz CT molecular complexity index is 912. The van der Waals surface area contributed by atoms with Crippen molar-refractivity contribution in [3.05, 3.63) is 77.3 Å². The second kappa shape index (κ2) is 9.66. The van der Waals surface area contributed by atoms with Crippen molar-refractivity contribution in [3.8, 4) is 0 Å². The first-order valence-corrected chi connectivity index (χ1v) is 9.90. The summed E-state index contributed by atoms with van der Waals surface area (Å²) in [6.07, 6.45) is 0.863. The quantitative estimate of drug-likeness (QED) is 0.548. The smallest absolute Gasteiger partial charge is 0.325 e. The Morgan fingerprint density at radius 1 is 1.00 bits per heavy atom. The van der Waals surface area contributed by atoms with E-state index in [1.807, 2.05) is 73.0 Å². The van der Waals surface area contributed by atoms with Gasteiger partial charge in [-0.3, -0.25) is 10.1 Å². The minimum atomic E-state index is -0.346. The summed E-state index contributed by atoms with van der Waals surface area (Å²) >= 11 is 1.34. The van der Waals surface area contributed by atoms with Gasteiger partial charge in [0.1, 0.15) is 0 Å². The number of amides is 3. The van der Waals surface area contributed by atoms with Gasteiger partial charge >= 0.3 is 6.03 Å². The van der Waals surface area contributed by atoms with Crippen LogP contribution in [0.2, 0.25) is 0 Å². The van der Waals surface area contributed by atoms with Crippen molar-refractivity contribution in [2.45, 2.75) is 25.8 Å². The summed E-state index contributed by atoms with van der Waals surface area (Å²) in [4.78, 5) is 28.5. The number of aromatic nitrogens is 1. The zero-order valence-electron chi connectivity index (χ0n) is 15.5. The average molecular weight is 395 g/mol. The molecule has 0 saturated carbocycles. The standard InChI is InChI=1S/C21H22N4O2S/c1-15(16-8-4-2-5-9-16)22-19(26)13-12-18-14-28-21(24-18)25-20(27)23-17-10-6-3-7-11-17/h2-11,14-15H,12-13H2,1H3,(H,22,26)(H2,23,24,25,27). The van der Waals surface area contributed by atoms with E-state index in [0.717, 1.165) is 11.3 Å². The van der Waals surface area contributed by atoms with Crippen molar-refractivity contribution in [1.29, 1.82) is 0 Å². The molecule has 0 spiro atoms. The van der Waals surface area contributed by atoms with Crippen LogP contribution < -0.4 is 16.0 Å². The number of urea groups is 1. The van der Waals surface area contributed by atoms with Crippen LogP contribution in [0.3, 0.4) is 0 Å². The van der Waals surface area contributed by atoms with E-state index in [4.69, 9.17) is 0 Å². The lowest BCUT2D eigenvalue weighted by Gasteiger charge is -2.13. The van der Waals surface area contributed by atoms with E-state index >= 15 is 0 Å². The number of nitrogens with zero attached hydrogens (tertiary/aromatic N) is 1. The van der Waals surface area contributed by atoms with Crippen LogP contribution in [0.25, 0.3) is 0 Å². The highest BCUT2D eigenvalue weighted by atomic mass is 32.1. The Morgan fingerprint density at radius 2 is 1.68 bits per heavy atom. The van der Waals surface area contributed by atoms with E-state index in [1.165, 1.54) is 11.3 Å². The number of anilines is 2. The van der Waals surface area contributed by atoms with Gasteiger partial charge in [0, 0.05) is 17.5 Å². The van der Waals surface area contributed by atoms with Gasteiger partial charge in [0.15, 0.2) is 5.13 Å². The molecule has 3 N–H and O–H groups in total. The van der Waals surface area contributed by atoms with Gasteiger partial charge in [0.05, 0.1) is 11.7 Å². The van der Waals surface area contributed by atoms with Gasteiger partial charge in [-0.2, -0.15) is 0 Å². The fraction of sp³-hybridized carbons (Fsp3) is 0.190. The summed E-state index contributed by atoms with van der Waals surface area (Å²) in [6.45, 7) is 1.96. The normalized spacial score (nSPS) is 11.5. The summed E-state index contributed by atoms with van der Waals surface area (Å²) in [5, 5.41) is 10.8. The molecule has 0 aliphatic carbocycles. The van der Waals surface area contributed by atoms with Crippen LogP contribution in [0, 0.1) is 0 Å². The Hall–Kier alpha value is -3.19. The number of benzene rings is 2. The maximum Gasteiger partial charge on any atom is 0.325 e. The fourth-order valence-corrected chi connectivity index (χ4v) is 3.38. The maximum atomic E-state index is 12.2. The molecule has 0 fully saturated rings. The molecule has 1 atom stereocenters. The predicted molar refractivity (Wildman–Crippen MR) is 113 cm³/mol. The van der Waals surface area contributed by atoms with Crippen molar-refractivity contribution in [1.82, 2.24) is 10.3 Å². The molecule has 144 valence electrons. The molecular formula is C21H22N4O2S. The predicted octanol–water partition coefficient (Wildman–Crippen LogP) is 4.60. The molecule has 7 heteroatoms. The third-order valence-electron chi connectivity index (χ3n) is 4.09. The highest BCUT2D eigenvalue weighted by molar-refractivity contribution is 7.13. The molecule has 0 aliphatic heterocycles. The topological polar surface area (TPSA) is 83.1 Å². The van der Waals surface area contributed by atoms with Crippen LogP contribution in [0.4, 0.5) is 15.6 Å². The number of aryl methyl sites for hydroxylation is 1. The second-order valence-corrected chi connectivity index (χ2v) is 7.15. The second-order valence-electron chi connectivity index (χ2n) is 6.29. The lowest BCUT2D eigenvalue weighted by Crippen LogP contribution is -2.26. The minimum absolute atomic E-state index is 0.0271. The zero-order chi connectivity index (χ0) is 19.8. The van der Waals surface area contributed by atoms with E-state index < -0.39 is 0 Å². The summed E-state index contributed by atoms with van der Waals surface area (Å²) in [6, 6.07) is 18.6. The van der Waals surface area contributed by atoms with Crippen LogP contribution >= 0.6 is 11.3 Å². The highest BCUT2D eigenvalue weighted by Gasteiger charge is 2.11. The molecule has 28 heavy (non-hydrogen) atoms. The van der Waals surface area contributed by atoms with Gasteiger partial charge < -0.3 is 10.6 Å². The number of carbonyl (C=O) groups excluding carboxylic acids is 2. The largest absolute Gasteiger partial charge is 0.350 e. The summed E-state index contributed by atoms with van der Waals surface area (Å²) in [7, 11) is 0. The molecule has 0 radical (unpaired) electrons. The number of carbonyl (C=O) groups is 2. The fourth-order valence-electron chi connectivity index (χ4n) is 2.64.